The van der Waals surface area contributed by atoms with Gasteiger partial charge < -0.3 is 11.1 Å². The van der Waals surface area contributed by atoms with Crippen molar-refractivity contribution in [3.8, 4) is 0 Å². The summed E-state index contributed by atoms with van der Waals surface area (Å²) in [6.45, 7) is 3.38. The van der Waals surface area contributed by atoms with Crippen LogP contribution in [0, 0.1) is 0 Å². The molecule has 3 fully saturated rings. The lowest BCUT2D eigenvalue weighted by atomic mass is 9.92. The van der Waals surface area contributed by atoms with Gasteiger partial charge in [-0.1, -0.05) is 26.2 Å². The molecule has 0 spiro atoms. The first-order valence-corrected chi connectivity index (χ1v) is 8.98. The van der Waals surface area contributed by atoms with E-state index in [0.29, 0.717) is 12.1 Å². The fraction of sp³-hybridized carbons (Fsp3) is 0.941. The third-order valence-electron chi connectivity index (χ3n) is 5.90. The van der Waals surface area contributed by atoms with Crippen LogP contribution in [0.1, 0.15) is 71.1 Å². The van der Waals surface area contributed by atoms with Crippen molar-refractivity contribution >= 4 is 5.91 Å². The third-order valence-corrected chi connectivity index (χ3v) is 5.90. The van der Waals surface area contributed by atoms with E-state index < -0.39 is 5.54 Å². The number of carbonyl (C=O) groups excluding carboxylic acids is 1. The van der Waals surface area contributed by atoms with Gasteiger partial charge in [0.15, 0.2) is 0 Å². The van der Waals surface area contributed by atoms with Crippen molar-refractivity contribution < 1.29 is 4.79 Å². The first-order valence-electron chi connectivity index (χ1n) is 8.98. The van der Waals surface area contributed by atoms with Crippen LogP contribution in [-0.4, -0.2) is 41.0 Å². The normalized spacial score (nSPS) is 34.5. The molecule has 0 heterocycles. The number of rotatable bonds is 6. The minimum absolute atomic E-state index is 0.128. The first kappa shape index (κ1) is 15.3. The van der Waals surface area contributed by atoms with Crippen molar-refractivity contribution in [1.82, 2.24) is 10.2 Å². The Bertz CT molecular complexity index is 376. The van der Waals surface area contributed by atoms with Gasteiger partial charge >= 0.3 is 0 Å². The van der Waals surface area contributed by atoms with E-state index in [1.807, 2.05) is 0 Å². The van der Waals surface area contributed by atoms with Gasteiger partial charge in [-0.15, -0.1) is 0 Å². The molecule has 0 aromatic heterocycles. The monoisotopic (exact) mass is 293 g/mol. The number of amides is 1. The fourth-order valence-electron chi connectivity index (χ4n) is 4.57. The SMILES string of the molecule is CCN(C1CCCCC1)C1CCC(NC2CC2)(C(N)=O)C1. The van der Waals surface area contributed by atoms with Gasteiger partial charge in [0.25, 0.3) is 0 Å². The second-order valence-electron chi connectivity index (χ2n) is 7.38. The van der Waals surface area contributed by atoms with Crippen LogP contribution in [0.2, 0.25) is 0 Å². The number of primary amides is 1. The molecule has 21 heavy (non-hydrogen) atoms. The molecular formula is C17H31N3O. The zero-order valence-corrected chi connectivity index (χ0v) is 13.4. The summed E-state index contributed by atoms with van der Waals surface area (Å²) in [5.41, 5.74) is 5.35. The highest BCUT2D eigenvalue weighted by molar-refractivity contribution is 5.85. The Kier molecular flexibility index (Phi) is 4.55. The highest BCUT2D eigenvalue weighted by Crippen LogP contribution is 2.38. The lowest BCUT2D eigenvalue weighted by Crippen LogP contribution is -2.56. The summed E-state index contributed by atoms with van der Waals surface area (Å²) in [6, 6.07) is 1.82. The van der Waals surface area contributed by atoms with E-state index in [1.54, 1.807) is 0 Å². The standard InChI is InChI=1S/C17H31N3O/c1-2-20(14-6-4-3-5-7-14)15-10-11-17(12-15,16(18)21)19-13-8-9-13/h13-15,19H,2-12H2,1H3,(H2,18,21). The van der Waals surface area contributed by atoms with Gasteiger partial charge in [-0.25, -0.2) is 0 Å². The van der Waals surface area contributed by atoms with Gasteiger partial charge in [-0.05, 0) is 51.5 Å². The molecule has 4 heteroatoms. The second kappa shape index (κ2) is 6.25. The van der Waals surface area contributed by atoms with Crippen molar-refractivity contribution in [1.29, 1.82) is 0 Å². The van der Waals surface area contributed by atoms with Gasteiger partial charge in [-0.2, -0.15) is 0 Å². The van der Waals surface area contributed by atoms with Crippen LogP contribution in [0.4, 0.5) is 0 Å². The predicted molar refractivity (Wildman–Crippen MR) is 85.0 cm³/mol. The molecule has 2 unspecified atom stereocenters. The summed E-state index contributed by atoms with van der Waals surface area (Å²) in [5, 5.41) is 3.58. The van der Waals surface area contributed by atoms with E-state index in [-0.39, 0.29) is 5.91 Å². The van der Waals surface area contributed by atoms with Crippen LogP contribution in [0.25, 0.3) is 0 Å². The van der Waals surface area contributed by atoms with Crippen molar-refractivity contribution in [2.45, 2.75) is 94.8 Å². The molecule has 120 valence electrons. The number of hydrogen-bond donors (Lipinski definition) is 2. The van der Waals surface area contributed by atoms with Crippen molar-refractivity contribution in [3.63, 3.8) is 0 Å². The number of nitrogens with zero attached hydrogens (tertiary/aromatic N) is 1. The number of nitrogens with two attached hydrogens (primary N) is 1. The van der Waals surface area contributed by atoms with Crippen molar-refractivity contribution in [2.75, 3.05) is 6.54 Å². The zero-order chi connectivity index (χ0) is 14.9. The Balaban J connectivity index is 1.66. The van der Waals surface area contributed by atoms with E-state index in [9.17, 15) is 4.79 Å². The van der Waals surface area contributed by atoms with Crippen molar-refractivity contribution in [2.24, 2.45) is 5.73 Å². The molecule has 4 nitrogen and oxygen atoms in total. The largest absolute Gasteiger partial charge is 0.368 e. The third kappa shape index (κ3) is 3.26. The van der Waals surface area contributed by atoms with Gasteiger partial charge in [0.05, 0.1) is 5.54 Å². The number of carbonyl (C=O) groups is 1. The molecule has 0 aromatic rings. The highest BCUT2D eigenvalue weighted by atomic mass is 16.1. The Hall–Kier alpha value is -0.610. The summed E-state index contributed by atoms with van der Waals surface area (Å²) in [5.74, 6) is -0.128. The van der Waals surface area contributed by atoms with Crippen LogP contribution in [0.3, 0.4) is 0 Å². The molecule has 3 aliphatic rings. The topological polar surface area (TPSA) is 58.4 Å². The van der Waals surface area contributed by atoms with Crippen molar-refractivity contribution in [3.05, 3.63) is 0 Å². The zero-order valence-electron chi connectivity index (χ0n) is 13.4. The summed E-state index contributed by atoms with van der Waals surface area (Å²) >= 11 is 0. The molecule has 1 amide bonds. The molecule has 0 aliphatic heterocycles. The van der Waals surface area contributed by atoms with E-state index in [1.165, 1.54) is 44.9 Å². The van der Waals surface area contributed by atoms with Gasteiger partial charge in [0, 0.05) is 18.1 Å². The molecule has 0 aromatic carbocycles. The van der Waals surface area contributed by atoms with Crippen LogP contribution in [0.15, 0.2) is 0 Å². The molecular weight excluding hydrogens is 262 g/mol. The average molecular weight is 293 g/mol. The molecule has 2 atom stereocenters. The first-order chi connectivity index (χ1) is 10.1. The van der Waals surface area contributed by atoms with E-state index in [4.69, 9.17) is 5.73 Å². The molecule has 0 saturated heterocycles. The van der Waals surface area contributed by atoms with Crippen LogP contribution < -0.4 is 11.1 Å². The molecule has 0 bridgehead atoms. The minimum Gasteiger partial charge on any atom is -0.368 e. The predicted octanol–water partition coefficient (Wildman–Crippen LogP) is 2.17. The molecule has 0 radical (unpaired) electrons. The van der Waals surface area contributed by atoms with E-state index in [2.05, 4.69) is 17.1 Å². The lowest BCUT2D eigenvalue weighted by molar-refractivity contribution is -0.124. The Labute approximate surface area is 128 Å². The fourth-order valence-corrected chi connectivity index (χ4v) is 4.57. The van der Waals surface area contributed by atoms with Gasteiger partial charge in [0.1, 0.15) is 0 Å². The smallest absolute Gasteiger partial charge is 0.237 e. The Morgan fingerprint density at radius 1 is 1.14 bits per heavy atom. The maximum absolute atomic E-state index is 12.1. The number of hydrogen-bond acceptors (Lipinski definition) is 3. The van der Waals surface area contributed by atoms with Gasteiger partial charge in [-0.3, -0.25) is 9.69 Å². The average Bonchev–Trinajstić information content (AvgIpc) is 3.19. The highest BCUT2D eigenvalue weighted by Gasteiger charge is 2.48. The second-order valence-corrected chi connectivity index (χ2v) is 7.38. The van der Waals surface area contributed by atoms with E-state index in [0.717, 1.165) is 31.8 Å². The number of nitrogens with one attached hydrogen (secondary N) is 1. The molecule has 3 rings (SSSR count). The molecule has 3 N–H and O–H groups in total. The lowest BCUT2D eigenvalue weighted by Gasteiger charge is -2.38. The summed E-state index contributed by atoms with van der Waals surface area (Å²) in [6.07, 6.45) is 12.2. The van der Waals surface area contributed by atoms with Crippen LogP contribution in [0.5, 0.6) is 0 Å². The molecule has 3 aliphatic carbocycles. The maximum atomic E-state index is 12.1. The quantitative estimate of drug-likeness (QED) is 0.789. The van der Waals surface area contributed by atoms with Gasteiger partial charge in [0.2, 0.25) is 5.91 Å². The summed E-state index contributed by atoms with van der Waals surface area (Å²) < 4.78 is 0. The Morgan fingerprint density at radius 2 is 1.86 bits per heavy atom. The maximum Gasteiger partial charge on any atom is 0.237 e. The van der Waals surface area contributed by atoms with Crippen LogP contribution >= 0.6 is 0 Å². The summed E-state index contributed by atoms with van der Waals surface area (Å²) in [4.78, 5) is 14.7. The van der Waals surface area contributed by atoms with E-state index >= 15 is 0 Å². The van der Waals surface area contributed by atoms with Crippen LogP contribution in [-0.2, 0) is 4.79 Å². The summed E-state index contributed by atoms with van der Waals surface area (Å²) in [7, 11) is 0. The Morgan fingerprint density at radius 3 is 2.43 bits per heavy atom. The molecule has 3 saturated carbocycles. The minimum atomic E-state index is -0.423.